The molecule has 1 atom stereocenters. The number of carbonyl (C=O) groups excluding carboxylic acids is 2. The third kappa shape index (κ3) is 4.00. The van der Waals surface area contributed by atoms with Gasteiger partial charge in [-0.15, -0.1) is 11.8 Å². The number of hydrogen-bond acceptors (Lipinski definition) is 3. The van der Waals surface area contributed by atoms with Crippen LogP contribution in [0, 0.1) is 0 Å². The van der Waals surface area contributed by atoms with Gasteiger partial charge in [0.15, 0.2) is 0 Å². The maximum absolute atomic E-state index is 12.0. The molecule has 1 heterocycles. The lowest BCUT2D eigenvalue weighted by atomic mass is 10.2. The maximum Gasteiger partial charge on any atom is 0.238 e. The molecule has 1 aromatic carbocycles. The minimum absolute atomic E-state index is 0.0480. The number of fused-ring (bicyclic) bond motifs is 1. The standard InChI is InChI=1S/C15H20N2O2S/c1-2-3-6-9-16-14(18)10-13-15(19)17-11-7-4-5-8-12(11)20-13/h4-5,7-8,13H,2-3,6,9-10H2,1H3,(H,16,18)(H,17,19)/t13-/m1/s1. The first kappa shape index (κ1) is 14.9. The summed E-state index contributed by atoms with van der Waals surface area (Å²) in [7, 11) is 0. The number of benzene rings is 1. The molecule has 2 N–H and O–H groups in total. The molecule has 0 radical (unpaired) electrons. The van der Waals surface area contributed by atoms with Crippen LogP contribution in [0.2, 0.25) is 0 Å². The molecular weight excluding hydrogens is 272 g/mol. The zero-order chi connectivity index (χ0) is 14.4. The Morgan fingerprint density at radius 1 is 1.35 bits per heavy atom. The molecule has 0 bridgehead atoms. The van der Waals surface area contributed by atoms with E-state index in [1.807, 2.05) is 24.3 Å². The summed E-state index contributed by atoms with van der Waals surface area (Å²) in [6, 6.07) is 7.67. The van der Waals surface area contributed by atoms with Gasteiger partial charge in [-0.1, -0.05) is 31.9 Å². The lowest BCUT2D eigenvalue weighted by molar-refractivity contribution is -0.124. The minimum atomic E-state index is -0.337. The van der Waals surface area contributed by atoms with Gasteiger partial charge in [-0.3, -0.25) is 9.59 Å². The first-order valence-corrected chi connectivity index (χ1v) is 7.92. The molecule has 20 heavy (non-hydrogen) atoms. The van der Waals surface area contributed by atoms with Crippen LogP contribution in [-0.2, 0) is 9.59 Å². The summed E-state index contributed by atoms with van der Waals surface area (Å²) in [6.45, 7) is 2.82. The fraction of sp³-hybridized carbons (Fsp3) is 0.467. The Bertz CT molecular complexity index is 491. The van der Waals surface area contributed by atoms with E-state index in [1.165, 1.54) is 11.8 Å². The van der Waals surface area contributed by atoms with Gasteiger partial charge >= 0.3 is 0 Å². The highest BCUT2D eigenvalue weighted by Gasteiger charge is 2.28. The molecular formula is C15H20N2O2S. The van der Waals surface area contributed by atoms with E-state index in [2.05, 4.69) is 17.6 Å². The van der Waals surface area contributed by atoms with Crippen LogP contribution in [0.15, 0.2) is 29.2 Å². The van der Waals surface area contributed by atoms with Crippen molar-refractivity contribution in [3.8, 4) is 0 Å². The predicted octanol–water partition coefficient (Wildman–Crippen LogP) is 2.80. The van der Waals surface area contributed by atoms with E-state index in [0.29, 0.717) is 6.54 Å². The van der Waals surface area contributed by atoms with Crippen LogP contribution in [-0.4, -0.2) is 23.6 Å². The van der Waals surface area contributed by atoms with Crippen molar-refractivity contribution in [2.24, 2.45) is 0 Å². The fourth-order valence-electron chi connectivity index (χ4n) is 2.07. The van der Waals surface area contributed by atoms with Gasteiger partial charge in [0.25, 0.3) is 0 Å². The summed E-state index contributed by atoms with van der Waals surface area (Å²) in [4.78, 5) is 24.8. The van der Waals surface area contributed by atoms with Gasteiger partial charge in [0.05, 0.1) is 10.9 Å². The molecule has 5 heteroatoms. The number of nitrogens with one attached hydrogen (secondary N) is 2. The van der Waals surface area contributed by atoms with Crippen molar-refractivity contribution >= 4 is 29.3 Å². The van der Waals surface area contributed by atoms with Crippen LogP contribution in [0.25, 0.3) is 0 Å². The van der Waals surface area contributed by atoms with Crippen molar-refractivity contribution in [3.63, 3.8) is 0 Å². The number of unbranched alkanes of at least 4 members (excludes halogenated alkanes) is 2. The van der Waals surface area contributed by atoms with Crippen LogP contribution in [0.3, 0.4) is 0 Å². The van der Waals surface area contributed by atoms with E-state index in [0.717, 1.165) is 29.8 Å². The van der Waals surface area contributed by atoms with Crippen molar-refractivity contribution in [1.29, 1.82) is 0 Å². The molecule has 1 aromatic rings. The molecule has 2 rings (SSSR count). The highest BCUT2D eigenvalue weighted by atomic mass is 32.2. The molecule has 4 nitrogen and oxygen atoms in total. The van der Waals surface area contributed by atoms with Gasteiger partial charge < -0.3 is 10.6 Å². The average molecular weight is 292 g/mol. The number of amides is 2. The topological polar surface area (TPSA) is 58.2 Å². The first-order valence-electron chi connectivity index (χ1n) is 7.04. The number of rotatable bonds is 6. The zero-order valence-electron chi connectivity index (χ0n) is 11.6. The third-order valence-corrected chi connectivity index (χ3v) is 4.46. The maximum atomic E-state index is 12.0. The van der Waals surface area contributed by atoms with Gasteiger partial charge in [-0.2, -0.15) is 0 Å². The van der Waals surface area contributed by atoms with E-state index in [1.54, 1.807) is 0 Å². The normalized spacial score (nSPS) is 17.2. The Morgan fingerprint density at radius 2 is 2.15 bits per heavy atom. The largest absolute Gasteiger partial charge is 0.356 e. The molecule has 0 saturated heterocycles. The second-order valence-corrected chi connectivity index (χ2v) is 6.10. The van der Waals surface area contributed by atoms with Crippen molar-refractivity contribution in [2.75, 3.05) is 11.9 Å². The van der Waals surface area contributed by atoms with E-state index < -0.39 is 0 Å². The second-order valence-electron chi connectivity index (χ2n) is 4.85. The Labute approximate surface area is 123 Å². The van der Waals surface area contributed by atoms with Crippen LogP contribution < -0.4 is 10.6 Å². The number of carbonyl (C=O) groups is 2. The Balaban J connectivity index is 1.84. The molecule has 0 unspecified atom stereocenters. The molecule has 0 saturated carbocycles. The van der Waals surface area contributed by atoms with Crippen LogP contribution >= 0.6 is 11.8 Å². The summed E-state index contributed by atoms with van der Waals surface area (Å²) >= 11 is 1.46. The highest BCUT2D eigenvalue weighted by Crippen LogP contribution is 2.36. The molecule has 0 aromatic heterocycles. The molecule has 1 aliphatic rings. The molecule has 0 fully saturated rings. The molecule has 108 valence electrons. The summed E-state index contributed by atoms with van der Waals surface area (Å²) in [5, 5.41) is 5.39. The van der Waals surface area contributed by atoms with Crippen molar-refractivity contribution in [1.82, 2.24) is 5.32 Å². The SMILES string of the molecule is CCCCCNC(=O)C[C@H]1Sc2ccccc2NC1=O. The number of hydrogen-bond donors (Lipinski definition) is 2. The summed E-state index contributed by atoms with van der Waals surface area (Å²) in [5.41, 5.74) is 0.835. The van der Waals surface area contributed by atoms with Crippen LogP contribution in [0.1, 0.15) is 32.6 Å². The molecule has 0 aliphatic carbocycles. The predicted molar refractivity (Wildman–Crippen MR) is 81.9 cm³/mol. The summed E-state index contributed by atoms with van der Waals surface area (Å²) in [5.74, 6) is -0.134. The van der Waals surface area contributed by atoms with Gasteiger partial charge in [-0.05, 0) is 18.6 Å². The Morgan fingerprint density at radius 3 is 2.95 bits per heavy atom. The van der Waals surface area contributed by atoms with Gasteiger partial charge in [0.1, 0.15) is 0 Å². The van der Waals surface area contributed by atoms with E-state index in [4.69, 9.17) is 0 Å². The smallest absolute Gasteiger partial charge is 0.238 e. The monoisotopic (exact) mass is 292 g/mol. The summed E-state index contributed by atoms with van der Waals surface area (Å²) in [6.07, 6.45) is 3.48. The Kier molecular flexibility index (Phi) is 5.47. The lowest BCUT2D eigenvalue weighted by Gasteiger charge is -2.23. The third-order valence-electron chi connectivity index (χ3n) is 3.18. The molecule has 2 amide bonds. The minimum Gasteiger partial charge on any atom is -0.356 e. The zero-order valence-corrected chi connectivity index (χ0v) is 12.5. The van der Waals surface area contributed by atoms with Gasteiger partial charge in [0, 0.05) is 17.9 Å². The first-order chi connectivity index (χ1) is 9.70. The van der Waals surface area contributed by atoms with Crippen LogP contribution in [0.4, 0.5) is 5.69 Å². The van der Waals surface area contributed by atoms with Crippen LogP contribution in [0.5, 0.6) is 0 Å². The quantitative estimate of drug-likeness (QED) is 0.793. The van der Waals surface area contributed by atoms with Gasteiger partial charge in [-0.25, -0.2) is 0 Å². The van der Waals surface area contributed by atoms with Gasteiger partial charge in [0.2, 0.25) is 11.8 Å². The Hall–Kier alpha value is -1.49. The molecule has 1 aliphatic heterocycles. The second kappa shape index (κ2) is 7.33. The summed E-state index contributed by atoms with van der Waals surface area (Å²) < 4.78 is 0. The van der Waals surface area contributed by atoms with E-state index in [9.17, 15) is 9.59 Å². The van der Waals surface area contributed by atoms with E-state index in [-0.39, 0.29) is 23.5 Å². The number of thioether (sulfide) groups is 1. The number of anilines is 1. The number of para-hydroxylation sites is 1. The van der Waals surface area contributed by atoms with Crippen molar-refractivity contribution in [2.45, 2.75) is 42.8 Å². The average Bonchev–Trinajstić information content (AvgIpc) is 2.44. The highest BCUT2D eigenvalue weighted by molar-refractivity contribution is 8.01. The lowest BCUT2D eigenvalue weighted by Crippen LogP contribution is -2.35. The van der Waals surface area contributed by atoms with Crippen molar-refractivity contribution in [3.05, 3.63) is 24.3 Å². The van der Waals surface area contributed by atoms with E-state index >= 15 is 0 Å². The fourth-order valence-corrected chi connectivity index (χ4v) is 3.18. The van der Waals surface area contributed by atoms with Crippen molar-refractivity contribution < 1.29 is 9.59 Å². The molecule has 0 spiro atoms.